The van der Waals surface area contributed by atoms with Crippen molar-refractivity contribution >= 4 is 0 Å². The molecule has 0 aromatic carbocycles. The molecule has 1 aromatic rings. The molecule has 1 fully saturated rings. The lowest BCUT2D eigenvalue weighted by molar-refractivity contribution is 0.115. The summed E-state index contributed by atoms with van der Waals surface area (Å²) in [5.41, 5.74) is 1.18. The van der Waals surface area contributed by atoms with E-state index >= 15 is 0 Å². The smallest absolute Gasteiger partial charge is 0.218 e. The van der Waals surface area contributed by atoms with Gasteiger partial charge in [0.2, 0.25) is 5.88 Å². The first-order valence-electron chi connectivity index (χ1n) is 8.14. The number of nitrogens with one attached hydrogen (secondary N) is 1. The van der Waals surface area contributed by atoms with Crippen molar-refractivity contribution in [2.75, 3.05) is 6.54 Å². The molecular weight excluding hydrogens is 248 g/mol. The minimum absolute atomic E-state index is 0.355. The Bertz CT molecular complexity index is 394. The molecule has 0 aliphatic heterocycles. The van der Waals surface area contributed by atoms with Gasteiger partial charge < -0.3 is 10.1 Å². The SMILES string of the molecule is CCCNCc1cccnc1OC1CCCC(CC)C1. The van der Waals surface area contributed by atoms with Crippen molar-refractivity contribution in [3.63, 3.8) is 0 Å². The highest BCUT2D eigenvalue weighted by Gasteiger charge is 2.23. The summed E-state index contributed by atoms with van der Waals surface area (Å²) in [6, 6.07) is 4.11. The number of hydrogen-bond donors (Lipinski definition) is 1. The maximum atomic E-state index is 6.20. The van der Waals surface area contributed by atoms with Crippen molar-refractivity contribution in [3.8, 4) is 5.88 Å². The summed E-state index contributed by atoms with van der Waals surface area (Å²) in [5.74, 6) is 1.66. The first-order chi connectivity index (χ1) is 9.83. The third-order valence-corrected chi connectivity index (χ3v) is 4.18. The van der Waals surface area contributed by atoms with Crippen LogP contribution < -0.4 is 10.1 Å². The third kappa shape index (κ3) is 4.48. The van der Waals surface area contributed by atoms with Gasteiger partial charge in [-0.25, -0.2) is 4.98 Å². The van der Waals surface area contributed by atoms with Crippen molar-refractivity contribution < 1.29 is 4.74 Å². The molecule has 112 valence electrons. The van der Waals surface area contributed by atoms with Gasteiger partial charge in [-0.3, -0.25) is 0 Å². The number of aromatic nitrogens is 1. The lowest BCUT2D eigenvalue weighted by Crippen LogP contribution is -2.26. The Hall–Kier alpha value is -1.09. The standard InChI is InChI=1S/C17H28N2O/c1-3-10-18-13-15-8-6-11-19-17(15)20-16-9-5-7-14(4-2)12-16/h6,8,11,14,16,18H,3-5,7,9-10,12-13H2,1-2H3. The van der Waals surface area contributed by atoms with Gasteiger partial charge in [-0.05, 0) is 44.2 Å². The van der Waals surface area contributed by atoms with E-state index in [9.17, 15) is 0 Å². The third-order valence-electron chi connectivity index (χ3n) is 4.18. The predicted molar refractivity (Wildman–Crippen MR) is 82.9 cm³/mol. The Morgan fingerprint density at radius 3 is 3.05 bits per heavy atom. The van der Waals surface area contributed by atoms with Crippen molar-refractivity contribution in [2.24, 2.45) is 5.92 Å². The largest absolute Gasteiger partial charge is 0.474 e. The van der Waals surface area contributed by atoms with E-state index in [1.165, 1.54) is 37.7 Å². The average Bonchev–Trinajstić information content (AvgIpc) is 2.49. The molecule has 2 rings (SSSR count). The summed E-state index contributed by atoms with van der Waals surface area (Å²) in [6.45, 7) is 6.35. The highest BCUT2D eigenvalue weighted by atomic mass is 16.5. The number of rotatable bonds is 7. The van der Waals surface area contributed by atoms with E-state index in [0.29, 0.717) is 6.10 Å². The van der Waals surface area contributed by atoms with Crippen LogP contribution in [0.15, 0.2) is 18.3 Å². The Kier molecular flexibility index (Phi) is 6.31. The molecule has 1 heterocycles. The van der Waals surface area contributed by atoms with Crippen LogP contribution in [0.25, 0.3) is 0 Å². The van der Waals surface area contributed by atoms with E-state index in [2.05, 4.69) is 30.2 Å². The van der Waals surface area contributed by atoms with Crippen molar-refractivity contribution in [1.29, 1.82) is 0 Å². The Morgan fingerprint density at radius 2 is 2.25 bits per heavy atom. The summed E-state index contributed by atoms with van der Waals surface area (Å²) in [7, 11) is 0. The summed E-state index contributed by atoms with van der Waals surface area (Å²) < 4.78 is 6.20. The highest BCUT2D eigenvalue weighted by Crippen LogP contribution is 2.29. The molecule has 1 saturated carbocycles. The number of pyridine rings is 1. The normalized spacial score (nSPS) is 22.7. The minimum atomic E-state index is 0.355. The summed E-state index contributed by atoms with van der Waals surface area (Å²) in [5, 5.41) is 3.43. The van der Waals surface area contributed by atoms with Gasteiger partial charge in [0, 0.05) is 18.3 Å². The fourth-order valence-corrected chi connectivity index (χ4v) is 2.94. The topological polar surface area (TPSA) is 34.2 Å². The van der Waals surface area contributed by atoms with Gasteiger partial charge in [-0.1, -0.05) is 32.8 Å². The summed E-state index contributed by atoms with van der Waals surface area (Å²) in [6.07, 6.45) is 9.63. The zero-order valence-corrected chi connectivity index (χ0v) is 12.9. The van der Waals surface area contributed by atoms with E-state index in [1.807, 2.05) is 12.3 Å². The van der Waals surface area contributed by atoms with Gasteiger partial charge in [0.1, 0.15) is 6.10 Å². The maximum absolute atomic E-state index is 6.20. The van der Waals surface area contributed by atoms with E-state index < -0.39 is 0 Å². The van der Waals surface area contributed by atoms with Crippen LogP contribution in [0, 0.1) is 5.92 Å². The molecule has 3 heteroatoms. The lowest BCUT2D eigenvalue weighted by Gasteiger charge is -2.29. The van der Waals surface area contributed by atoms with Crippen molar-refractivity contribution in [2.45, 2.75) is 65.0 Å². The fourth-order valence-electron chi connectivity index (χ4n) is 2.94. The Balaban J connectivity index is 1.94. The van der Waals surface area contributed by atoms with Crippen LogP contribution in [-0.4, -0.2) is 17.6 Å². The van der Waals surface area contributed by atoms with E-state index in [-0.39, 0.29) is 0 Å². The van der Waals surface area contributed by atoms with Crippen LogP contribution in [0.5, 0.6) is 5.88 Å². The molecule has 1 aliphatic carbocycles. The maximum Gasteiger partial charge on any atom is 0.218 e. The average molecular weight is 276 g/mol. The molecule has 0 amide bonds. The second kappa shape index (κ2) is 8.25. The number of hydrogen-bond acceptors (Lipinski definition) is 3. The quantitative estimate of drug-likeness (QED) is 0.766. The van der Waals surface area contributed by atoms with Crippen LogP contribution in [0.1, 0.15) is 57.9 Å². The van der Waals surface area contributed by atoms with Crippen molar-refractivity contribution in [3.05, 3.63) is 23.9 Å². The monoisotopic (exact) mass is 276 g/mol. The van der Waals surface area contributed by atoms with E-state index in [0.717, 1.165) is 31.3 Å². The Labute approximate surface area is 123 Å². The second-order valence-corrected chi connectivity index (χ2v) is 5.83. The molecule has 1 aliphatic rings. The first kappa shape index (κ1) is 15.3. The minimum Gasteiger partial charge on any atom is -0.474 e. The highest BCUT2D eigenvalue weighted by molar-refractivity contribution is 5.25. The molecular formula is C17H28N2O. The molecule has 2 atom stereocenters. The van der Waals surface area contributed by atoms with Gasteiger partial charge in [-0.15, -0.1) is 0 Å². The van der Waals surface area contributed by atoms with Gasteiger partial charge >= 0.3 is 0 Å². The molecule has 2 unspecified atom stereocenters. The van der Waals surface area contributed by atoms with Gasteiger partial charge in [-0.2, -0.15) is 0 Å². The first-order valence-corrected chi connectivity index (χ1v) is 8.14. The fraction of sp³-hybridized carbons (Fsp3) is 0.706. The Morgan fingerprint density at radius 1 is 1.35 bits per heavy atom. The van der Waals surface area contributed by atoms with Crippen LogP contribution in [0.3, 0.4) is 0 Å². The summed E-state index contributed by atoms with van der Waals surface area (Å²) >= 11 is 0. The zero-order valence-electron chi connectivity index (χ0n) is 12.9. The predicted octanol–water partition coefficient (Wildman–Crippen LogP) is 3.93. The lowest BCUT2D eigenvalue weighted by atomic mass is 9.85. The van der Waals surface area contributed by atoms with E-state index in [1.54, 1.807) is 0 Å². The molecule has 1 aromatic heterocycles. The van der Waals surface area contributed by atoms with Gasteiger partial charge in [0.05, 0.1) is 0 Å². The van der Waals surface area contributed by atoms with E-state index in [4.69, 9.17) is 4.74 Å². The van der Waals surface area contributed by atoms with Crippen LogP contribution in [-0.2, 0) is 6.54 Å². The molecule has 3 nitrogen and oxygen atoms in total. The van der Waals surface area contributed by atoms with Crippen LogP contribution in [0.4, 0.5) is 0 Å². The number of ether oxygens (including phenoxy) is 1. The molecule has 0 saturated heterocycles. The zero-order chi connectivity index (χ0) is 14.2. The molecule has 0 bridgehead atoms. The van der Waals surface area contributed by atoms with Gasteiger partial charge in [0.15, 0.2) is 0 Å². The molecule has 1 N–H and O–H groups in total. The number of nitrogens with zero attached hydrogens (tertiary/aromatic N) is 1. The van der Waals surface area contributed by atoms with Crippen LogP contribution >= 0.6 is 0 Å². The molecule has 20 heavy (non-hydrogen) atoms. The summed E-state index contributed by atoms with van der Waals surface area (Å²) in [4.78, 5) is 4.44. The molecule has 0 radical (unpaired) electrons. The van der Waals surface area contributed by atoms with Gasteiger partial charge in [0.25, 0.3) is 0 Å². The van der Waals surface area contributed by atoms with Crippen LogP contribution in [0.2, 0.25) is 0 Å². The second-order valence-electron chi connectivity index (χ2n) is 5.83. The van der Waals surface area contributed by atoms with Crippen molar-refractivity contribution in [1.82, 2.24) is 10.3 Å². The molecule has 0 spiro atoms.